The molecule has 280 valence electrons. The Hall–Kier alpha value is -5.07. The summed E-state index contributed by atoms with van der Waals surface area (Å²) in [5.41, 5.74) is 2.92. The van der Waals surface area contributed by atoms with Crippen LogP contribution in [-0.2, 0) is 19.7 Å². The van der Waals surface area contributed by atoms with Crippen molar-refractivity contribution < 1.29 is 23.9 Å². The number of likely N-dealkylation sites (N-methyl/N-ethyl adjacent to an activating group) is 1. The number of carbonyl (C=O) groups excluding carboxylic acids is 3. The molecule has 4 aromatic rings. The van der Waals surface area contributed by atoms with Crippen LogP contribution in [0.2, 0.25) is 0 Å². The number of ether oxygens (including phenoxy) is 2. The van der Waals surface area contributed by atoms with Gasteiger partial charge < -0.3 is 24.2 Å². The number of nitrogens with zero attached hydrogens (tertiary/aromatic N) is 7. The topological polar surface area (TPSA) is 113 Å². The SMILES string of the molecule is CCOC(=O)CN1CCN(C(=O)C2(c3ccccc3)CCN(CCC(CN(C)C(=O)c3cc(-n4cnnc4)ccc3OC)c3ccccc3)CC2)CC1. The largest absolute Gasteiger partial charge is 0.496 e. The van der Waals surface area contributed by atoms with Crippen molar-refractivity contribution in [1.82, 2.24) is 34.4 Å². The number of hydrogen-bond donors (Lipinski definition) is 0. The number of hydrogen-bond acceptors (Lipinski definition) is 9. The van der Waals surface area contributed by atoms with Crippen LogP contribution in [0.15, 0.2) is 91.5 Å². The van der Waals surface area contributed by atoms with E-state index in [1.54, 1.807) is 35.3 Å². The molecular weight excluding hydrogens is 670 g/mol. The summed E-state index contributed by atoms with van der Waals surface area (Å²) in [6.07, 6.45) is 5.52. The fourth-order valence-corrected chi connectivity index (χ4v) is 7.75. The van der Waals surface area contributed by atoms with Crippen molar-refractivity contribution in [1.29, 1.82) is 0 Å². The van der Waals surface area contributed by atoms with Crippen LogP contribution in [0.3, 0.4) is 0 Å². The first kappa shape index (κ1) is 37.7. The quantitative estimate of drug-likeness (QED) is 0.176. The highest BCUT2D eigenvalue weighted by Crippen LogP contribution is 2.38. The molecule has 1 aromatic heterocycles. The summed E-state index contributed by atoms with van der Waals surface area (Å²) in [6, 6.07) is 26.1. The van der Waals surface area contributed by atoms with Gasteiger partial charge in [-0.1, -0.05) is 60.7 Å². The van der Waals surface area contributed by atoms with Crippen molar-refractivity contribution in [3.63, 3.8) is 0 Å². The third kappa shape index (κ3) is 8.94. The lowest BCUT2D eigenvalue weighted by atomic mass is 9.71. The predicted octanol–water partition coefficient (Wildman–Crippen LogP) is 4.26. The van der Waals surface area contributed by atoms with E-state index >= 15 is 0 Å². The molecule has 12 nitrogen and oxygen atoms in total. The van der Waals surface area contributed by atoms with Gasteiger partial charge in [0.05, 0.1) is 31.2 Å². The number of aromatic nitrogens is 3. The van der Waals surface area contributed by atoms with E-state index in [1.165, 1.54) is 5.56 Å². The summed E-state index contributed by atoms with van der Waals surface area (Å²) >= 11 is 0. The van der Waals surface area contributed by atoms with Crippen molar-refractivity contribution >= 4 is 17.8 Å². The van der Waals surface area contributed by atoms with E-state index in [0.717, 1.165) is 50.1 Å². The summed E-state index contributed by atoms with van der Waals surface area (Å²) in [5.74, 6) is 0.459. The normalized spacial score (nSPS) is 16.8. The lowest BCUT2D eigenvalue weighted by Gasteiger charge is -2.45. The van der Waals surface area contributed by atoms with E-state index in [-0.39, 0.29) is 30.2 Å². The van der Waals surface area contributed by atoms with E-state index < -0.39 is 5.41 Å². The van der Waals surface area contributed by atoms with Crippen molar-refractivity contribution in [2.45, 2.75) is 37.5 Å². The number of carbonyl (C=O) groups is 3. The van der Waals surface area contributed by atoms with Crippen LogP contribution >= 0.6 is 0 Å². The molecule has 1 atom stereocenters. The van der Waals surface area contributed by atoms with Crippen LogP contribution in [0, 0.1) is 0 Å². The molecule has 2 amide bonds. The lowest BCUT2D eigenvalue weighted by molar-refractivity contribution is -0.146. The van der Waals surface area contributed by atoms with Crippen LogP contribution < -0.4 is 4.74 Å². The number of amides is 2. The van der Waals surface area contributed by atoms with Gasteiger partial charge in [0.15, 0.2) is 0 Å². The van der Waals surface area contributed by atoms with E-state index in [4.69, 9.17) is 9.47 Å². The summed E-state index contributed by atoms with van der Waals surface area (Å²) in [6.45, 7) is 7.91. The number of benzene rings is 3. The Bertz CT molecular complexity index is 1790. The van der Waals surface area contributed by atoms with Crippen LogP contribution in [0.1, 0.15) is 53.6 Å². The molecule has 3 heterocycles. The molecule has 0 radical (unpaired) electrons. The van der Waals surface area contributed by atoms with Gasteiger partial charge in [0.1, 0.15) is 18.4 Å². The molecule has 3 aromatic carbocycles. The highest BCUT2D eigenvalue weighted by atomic mass is 16.5. The molecule has 12 heteroatoms. The number of esters is 1. The third-order valence-corrected chi connectivity index (χ3v) is 10.8. The molecule has 0 spiro atoms. The van der Waals surface area contributed by atoms with Crippen molar-refractivity contribution in [3.8, 4) is 11.4 Å². The van der Waals surface area contributed by atoms with Crippen LogP contribution in [0.4, 0.5) is 0 Å². The zero-order valence-corrected chi connectivity index (χ0v) is 31.1. The Morgan fingerprint density at radius 3 is 2.15 bits per heavy atom. The van der Waals surface area contributed by atoms with E-state index in [9.17, 15) is 14.4 Å². The average molecular weight is 722 g/mol. The number of likely N-dealkylation sites (tertiary alicyclic amines) is 1. The first-order chi connectivity index (χ1) is 25.8. The van der Waals surface area contributed by atoms with Gasteiger partial charge in [-0.25, -0.2) is 0 Å². The van der Waals surface area contributed by atoms with Gasteiger partial charge in [-0.15, -0.1) is 10.2 Å². The van der Waals surface area contributed by atoms with Gasteiger partial charge in [-0.2, -0.15) is 0 Å². The Morgan fingerprint density at radius 1 is 0.849 bits per heavy atom. The fourth-order valence-electron chi connectivity index (χ4n) is 7.75. The second-order valence-corrected chi connectivity index (χ2v) is 14.0. The minimum Gasteiger partial charge on any atom is -0.496 e. The summed E-state index contributed by atoms with van der Waals surface area (Å²) in [4.78, 5) is 48.8. The first-order valence-corrected chi connectivity index (χ1v) is 18.6. The molecule has 0 saturated carbocycles. The number of methoxy groups -OCH3 is 1. The molecule has 53 heavy (non-hydrogen) atoms. The molecule has 2 aliphatic heterocycles. The van der Waals surface area contributed by atoms with E-state index in [1.807, 2.05) is 67.4 Å². The Balaban J connectivity index is 1.11. The maximum Gasteiger partial charge on any atom is 0.320 e. The minimum absolute atomic E-state index is 0.102. The lowest BCUT2D eigenvalue weighted by Crippen LogP contribution is -2.57. The van der Waals surface area contributed by atoms with Crippen molar-refractivity contribution in [2.75, 3.05) is 79.7 Å². The van der Waals surface area contributed by atoms with Gasteiger partial charge in [-0.05, 0) is 75.1 Å². The highest BCUT2D eigenvalue weighted by molar-refractivity contribution is 5.97. The van der Waals surface area contributed by atoms with Crippen LogP contribution in [0.5, 0.6) is 5.75 Å². The first-order valence-electron chi connectivity index (χ1n) is 18.6. The number of piperidine rings is 1. The smallest absolute Gasteiger partial charge is 0.320 e. The Kier molecular flexibility index (Phi) is 12.5. The Labute approximate surface area is 312 Å². The zero-order chi connectivity index (χ0) is 37.2. The number of piperazine rings is 1. The molecule has 0 aliphatic carbocycles. The van der Waals surface area contributed by atoms with Gasteiger partial charge in [0.2, 0.25) is 5.91 Å². The maximum absolute atomic E-state index is 14.4. The predicted molar refractivity (Wildman–Crippen MR) is 202 cm³/mol. The van der Waals surface area contributed by atoms with Crippen LogP contribution in [-0.4, -0.2) is 132 Å². The molecule has 2 aliphatic rings. The highest BCUT2D eigenvalue weighted by Gasteiger charge is 2.45. The third-order valence-electron chi connectivity index (χ3n) is 10.8. The summed E-state index contributed by atoms with van der Waals surface area (Å²) in [7, 11) is 3.42. The maximum atomic E-state index is 14.4. The van der Waals surface area contributed by atoms with Gasteiger partial charge in [-0.3, -0.25) is 23.9 Å². The fraction of sp³-hybridized carbons (Fsp3) is 0.439. The standard InChI is InChI=1S/C41H51N7O5/c1-4-53-38(49)29-46-23-25-47(26-24-46)40(51)41(34-13-9-6-10-14-34)18-21-45(22-19-41)20-17-33(32-11-7-5-8-12-32)28-44(2)39(50)36-27-35(15-16-37(36)52-3)48-30-42-43-31-48/h5-16,27,30-31,33H,4,17-26,28-29H2,1-3H3. The summed E-state index contributed by atoms with van der Waals surface area (Å²) < 4.78 is 12.5. The number of rotatable bonds is 14. The second kappa shape index (κ2) is 17.6. The van der Waals surface area contributed by atoms with Crippen LogP contribution in [0.25, 0.3) is 5.69 Å². The van der Waals surface area contributed by atoms with Gasteiger partial charge >= 0.3 is 5.97 Å². The van der Waals surface area contributed by atoms with Crippen molar-refractivity contribution in [3.05, 3.63) is 108 Å². The monoisotopic (exact) mass is 721 g/mol. The zero-order valence-electron chi connectivity index (χ0n) is 31.1. The molecule has 2 saturated heterocycles. The van der Waals surface area contributed by atoms with Crippen molar-refractivity contribution in [2.24, 2.45) is 0 Å². The Morgan fingerprint density at radius 2 is 1.51 bits per heavy atom. The molecular formula is C41H51N7O5. The van der Waals surface area contributed by atoms with E-state index in [0.29, 0.717) is 50.6 Å². The molecule has 0 bridgehead atoms. The molecule has 6 rings (SSSR count). The molecule has 2 fully saturated rings. The minimum atomic E-state index is -0.590. The molecule has 0 N–H and O–H groups in total. The van der Waals surface area contributed by atoms with E-state index in [2.05, 4.69) is 44.3 Å². The summed E-state index contributed by atoms with van der Waals surface area (Å²) in [5, 5.41) is 7.80. The second-order valence-electron chi connectivity index (χ2n) is 14.0. The van der Waals surface area contributed by atoms with Gasteiger partial charge in [0, 0.05) is 51.4 Å². The van der Waals surface area contributed by atoms with Gasteiger partial charge in [0.25, 0.3) is 5.91 Å². The molecule has 1 unspecified atom stereocenters. The average Bonchev–Trinajstić information content (AvgIpc) is 3.75.